The van der Waals surface area contributed by atoms with Crippen molar-refractivity contribution in [3.05, 3.63) is 59.7 Å². The maximum absolute atomic E-state index is 12.4. The fraction of sp³-hybridized carbons (Fsp3) is 0.350. The number of hydrogen-bond donors (Lipinski definition) is 1. The quantitative estimate of drug-likeness (QED) is 0.835. The van der Waals surface area contributed by atoms with Crippen LogP contribution in [0.3, 0.4) is 0 Å². The Labute approximate surface area is 147 Å². The van der Waals surface area contributed by atoms with Crippen molar-refractivity contribution in [3.63, 3.8) is 0 Å². The van der Waals surface area contributed by atoms with Crippen molar-refractivity contribution in [3.8, 4) is 5.75 Å². The lowest BCUT2D eigenvalue weighted by atomic mass is 10.1. The summed E-state index contributed by atoms with van der Waals surface area (Å²) in [4.78, 5) is 12.4. The predicted octanol–water partition coefficient (Wildman–Crippen LogP) is 3.64. The molecule has 0 aromatic heterocycles. The average Bonchev–Trinajstić information content (AvgIpc) is 3.14. The Morgan fingerprint density at radius 2 is 2.08 bits per heavy atom. The zero-order valence-electron chi connectivity index (χ0n) is 14.4. The van der Waals surface area contributed by atoms with Crippen LogP contribution in [-0.4, -0.2) is 32.3 Å². The molecule has 1 amide bonds. The SMILES string of the molecule is COCc1cccc(NC(=O)c2ccc(OCC3CCCO3)cc2)c1. The minimum atomic E-state index is -0.153. The van der Waals surface area contributed by atoms with Gasteiger partial charge in [-0.05, 0) is 54.8 Å². The van der Waals surface area contributed by atoms with Crippen LogP contribution in [-0.2, 0) is 16.1 Å². The second kappa shape index (κ2) is 8.65. The van der Waals surface area contributed by atoms with Gasteiger partial charge in [-0.15, -0.1) is 0 Å². The number of methoxy groups -OCH3 is 1. The number of carbonyl (C=O) groups is 1. The Hall–Kier alpha value is -2.37. The summed E-state index contributed by atoms with van der Waals surface area (Å²) < 4.78 is 16.4. The highest BCUT2D eigenvalue weighted by Gasteiger charge is 2.16. The minimum absolute atomic E-state index is 0.153. The third-order valence-electron chi connectivity index (χ3n) is 4.07. The first kappa shape index (κ1) is 17.5. The summed E-state index contributed by atoms with van der Waals surface area (Å²) in [7, 11) is 1.65. The lowest BCUT2D eigenvalue weighted by molar-refractivity contribution is 0.0679. The standard InChI is InChI=1S/C20H23NO4/c1-23-13-15-4-2-5-17(12-15)21-20(22)16-7-9-18(10-8-16)25-14-19-6-3-11-24-19/h2,4-5,7-10,12,19H,3,6,11,13-14H2,1H3,(H,21,22). The average molecular weight is 341 g/mol. The Morgan fingerprint density at radius 1 is 1.24 bits per heavy atom. The van der Waals surface area contributed by atoms with Crippen LogP contribution >= 0.6 is 0 Å². The second-order valence-electron chi connectivity index (χ2n) is 6.06. The highest BCUT2D eigenvalue weighted by Crippen LogP contribution is 2.18. The maximum Gasteiger partial charge on any atom is 0.255 e. The lowest BCUT2D eigenvalue weighted by Gasteiger charge is -2.12. The largest absolute Gasteiger partial charge is 0.491 e. The summed E-state index contributed by atoms with van der Waals surface area (Å²) in [6.45, 7) is 1.89. The Bertz CT molecular complexity index is 693. The van der Waals surface area contributed by atoms with Crippen molar-refractivity contribution in [1.82, 2.24) is 0 Å². The van der Waals surface area contributed by atoms with Crippen LogP contribution in [0.15, 0.2) is 48.5 Å². The van der Waals surface area contributed by atoms with E-state index in [0.717, 1.165) is 36.4 Å². The van der Waals surface area contributed by atoms with Crippen LogP contribution in [0.25, 0.3) is 0 Å². The molecule has 0 saturated carbocycles. The van der Waals surface area contributed by atoms with Gasteiger partial charge < -0.3 is 19.5 Å². The van der Waals surface area contributed by atoms with E-state index in [4.69, 9.17) is 14.2 Å². The summed E-state index contributed by atoms with van der Waals surface area (Å²) in [6, 6.07) is 14.8. The maximum atomic E-state index is 12.4. The summed E-state index contributed by atoms with van der Waals surface area (Å²) in [5.74, 6) is 0.592. The monoisotopic (exact) mass is 341 g/mol. The number of rotatable bonds is 7. The van der Waals surface area contributed by atoms with E-state index in [1.54, 1.807) is 19.2 Å². The van der Waals surface area contributed by atoms with Gasteiger partial charge in [0.25, 0.3) is 5.91 Å². The first-order valence-electron chi connectivity index (χ1n) is 8.48. The molecule has 1 saturated heterocycles. The number of benzene rings is 2. The van der Waals surface area contributed by atoms with E-state index in [9.17, 15) is 4.79 Å². The van der Waals surface area contributed by atoms with E-state index >= 15 is 0 Å². The van der Waals surface area contributed by atoms with Gasteiger partial charge in [0.2, 0.25) is 0 Å². The van der Waals surface area contributed by atoms with E-state index < -0.39 is 0 Å². The van der Waals surface area contributed by atoms with E-state index in [2.05, 4.69) is 5.32 Å². The van der Waals surface area contributed by atoms with Gasteiger partial charge in [-0.25, -0.2) is 0 Å². The molecule has 1 aliphatic rings. The van der Waals surface area contributed by atoms with Crippen LogP contribution in [0, 0.1) is 0 Å². The number of carbonyl (C=O) groups excluding carboxylic acids is 1. The topological polar surface area (TPSA) is 56.8 Å². The van der Waals surface area contributed by atoms with Gasteiger partial charge in [0.1, 0.15) is 12.4 Å². The van der Waals surface area contributed by atoms with Crippen molar-refractivity contribution in [1.29, 1.82) is 0 Å². The molecular weight excluding hydrogens is 318 g/mol. The van der Waals surface area contributed by atoms with E-state index in [-0.39, 0.29) is 12.0 Å². The molecule has 3 rings (SSSR count). The molecule has 1 fully saturated rings. The highest BCUT2D eigenvalue weighted by molar-refractivity contribution is 6.04. The van der Waals surface area contributed by atoms with Crippen molar-refractivity contribution >= 4 is 11.6 Å². The van der Waals surface area contributed by atoms with E-state index in [0.29, 0.717) is 18.8 Å². The molecule has 1 N–H and O–H groups in total. The molecule has 25 heavy (non-hydrogen) atoms. The molecular formula is C20H23NO4. The molecule has 2 aromatic carbocycles. The Kier molecular flexibility index (Phi) is 6.04. The van der Waals surface area contributed by atoms with Gasteiger partial charge in [0, 0.05) is 25.0 Å². The molecule has 1 atom stereocenters. The van der Waals surface area contributed by atoms with Crippen LogP contribution in [0.2, 0.25) is 0 Å². The molecule has 0 aliphatic carbocycles. The first-order valence-corrected chi connectivity index (χ1v) is 8.48. The fourth-order valence-corrected chi connectivity index (χ4v) is 2.78. The summed E-state index contributed by atoms with van der Waals surface area (Å²) in [5, 5.41) is 2.90. The first-order chi connectivity index (χ1) is 12.2. The Morgan fingerprint density at radius 3 is 2.80 bits per heavy atom. The molecule has 5 nitrogen and oxygen atoms in total. The smallest absolute Gasteiger partial charge is 0.255 e. The van der Waals surface area contributed by atoms with Crippen LogP contribution < -0.4 is 10.1 Å². The van der Waals surface area contributed by atoms with E-state index in [1.165, 1.54) is 0 Å². The molecule has 1 unspecified atom stereocenters. The second-order valence-corrected chi connectivity index (χ2v) is 6.06. The van der Waals surface area contributed by atoms with Gasteiger partial charge in [-0.2, -0.15) is 0 Å². The zero-order valence-corrected chi connectivity index (χ0v) is 14.4. The third-order valence-corrected chi connectivity index (χ3v) is 4.07. The van der Waals surface area contributed by atoms with Gasteiger partial charge in [0.15, 0.2) is 0 Å². The normalized spacial score (nSPS) is 16.6. The van der Waals surface area contributed by atoms with Gasteiger partial charge in [-0.1, -0.05) is 12.1 Å². The van der Waals surface area contributed by atoms with E-state index in [1.807, 2.05) is 36.4 Å². The highest BCUT2D eigenvalue weighted by atomic mass is 16.5. The summed E-state index contributed by atoms with van der Waals surface area (Å²) >= 11 is 0. The lowest BCUT2D eigenvalue weighted by Crippen LogP contribution is -2.16. The number of ether oxygens (including phenoxy) is 3. The van der Waals surface area contributed by atoms with Gasteiger partial charge >= 0.3 is 0 Å². The fourth-order valence-electron chi connectivity index (χ4n) is 2.78. The van der Waals surface area contributed by atoms with Crippen molar-refractivity contribution in [2.75, 3.05) is 25.6 Å². The van der Waals surface area contributed by atoms with Gasteiger partial charge in [0.05, 0.1) is 12.7 Å². The molecule has 0 spiro atoms. The van der Waals surface area contributed by atoms with Crippen molar-refractivity contribution in [2.24, 2.45) is 0 Å². The van der Waals surface area contributed by atoms with Crippen molar-refractivity contribution < 1.29 is 19.0 Å². The predicted molar refractivity (Wildman–Crippen MR) is 96.0 cm³/mol. The zero-order chi connectivity index (χ0) is 17.5. The molecule has 1 aliphatic heterocycles. The van der Waals surface area contributed by atoms with Crippen LogP contribution in [0.5, 0.6) is 5.75 Å². The number of amides is 1. The molecule has 0 radical (unpaired) electrons. The van der Waals surface area contributed by atoms with Crippen LogP contribution in [0.4, 0.5) is 5.69 Å². The molecule has 0 bridgehead atoms. The van der Waals surface area contributed by atoms with Gasteiger partial charge in [-0.3, -0.25) is 4.79 Å². The summed E-state index contributed by atoms with van der Waals surface area (Å²) in [6.07, 6.45) is 2.32. The van der Waals surface area contributed by atoms with Crippen LogP contribution in [0.1, 0.15) is 28.8 Å². The number of nitrogens with one attached hydrogen (secondary N) is 1. The number of hydrogen-bond acceptors (Lipinski definition) is 4. The Balaban J connectivity index is 1.55. The molecule has 5 heteroatoms. The summed E-state index contributed by atoms with van der Waals surface area (Å²) in [5.41, 5.74) is 2.35. The molecule has 1 heterocycles. The minimum Gasteiger partial charge on any atom is -0.491 e. The third kappa shape index (κ3) is 5.05. The molecule has 132 valence electrons. The molecule has 2 aromatic rings. The van der Waals surface area contributed by atoms with Crippen molar-refractivity contribution in [2.45, 2.75) is 25.6 Å². The number of anilines is 1.